The Kier molecular flexibility index (Phi) is 8.25. The summed E-state index contributed by atoms with van der Waals surface area (Å²) in [4.78, 5) is 23.3. The molecule has 0 aliphatic heterocycles. The average molecular weight is 329 g/mol. The minimum atomic E-state index is -0.871. The zero-order valence-electron chi connectivity index (χ0n) is 13.2. The summed E-state index contributed by atoms with van der Waals surface area (Å²) >= 11 is 5.49. The predicted molar refractivity (Wildman–Crippen MR) is 87.0 cm³/mol. The molecule has 0 bridgehead atoms. The van der Waals surface area contributed by atoms with Crippen LogP contribution in [0.15, 0.2) is 22.1 Å². The van der Waals surface area contributed by atoms with Crippen molar-refractivity contribution in [3.63, 3.8) is 0 Å². The molecule has 0 heterocycles. The van der Waals surface area contributed by atoms with E-state index in [9.17, 15) is 19.8 Å². The van der Waals surface area contributed by atoms with Gasteiger partial charge in [0.2, 0.25) is 11.6 Å². The first-order chi connectivity index (χ1) is 10.5. The van der Waals surface area contributed by atoms with Crippen LogP contribution in [0.5, 0.6) is 0 Å². The number of hydrogen-bond acceptors (Lipinski definition) is 4. The lowest BCUT2D eigenvalue weighted by molar-refractivity contribution is -0.119. The lowest BCUT2D eigenvalue weighted by atomic mass is 9.94. The highest BCUT2D eigenvalue weighted by Gasteiger charge is 2.33. The minimum Gasteiger partial charge on any atom is -0.504 e. The topological polar surface area (TPSA) is 74.6 Å². The van der Waals surface area contributed by atoms with Crippen LogP contribution in [0, 0.1) is 0 Å². The second-order valence-corrected chi connectivity index (χ2v) is 6.10. The molecular formula is C17H25ClO4. The summed E-state index contributed by atoms with van der Waals surface area (Å²) in [5.41, 5.74) is -0.0187. The number of ketones is 2. The maximum absolute atomic E-state index is 11.8. The molecule has 0 saturated heterocycles. The Morgan fingerprint density at radius 1 is 0.773 bits per heavy atom. The Balaban J connectivity index is 2.28. The number of halogens is 1. The van der Waals surface area contributed by atoms with Crippen molar-refractivity contribution < 1.29 is 19.8 Å². The Hall–Kier alpha value is -1.29. The van der Waals surface area contributed by atoms with Crippen LogP contribution < -0.4 is 0 Å². The van der Waals surface area contributed by atoms with Gasteiger partial charge in [0.25, 0.3) is 0 Å². The molecular weight excluding hydrogens is 304 g/mol. The van der Waals surface area contributed by atoms with Crippen LogP contribution in [-0.2, 0) is 9.59 Å². The lowest BCUT2D eigenvalue weighted by Gasteiger charge is -2.14. The largest absolute Gasteiger partial charge is 0.504 e. The van der Waals surface area contributed by atoms with E-state index in [0.717, 1.165) is 12.8 Å². The van der Waals surface area contributed by atoms with E-state index in [0.29, 0.717) is 12.8 Å². The van der Waals surface area contributed by atoms with Crippen molar-refractivity contribution in [2.24, 2.45) is 0 Å². The van der Waals surface area contributed by atoms with Gasteiger partial charge in [-0.25, -0.2) is 0 Å². The molecule has 5 heteroatoms. The maximum atomic E-state index is 11.8. The van der Waals surface area contributed by atoms with Crippen molar-refractivity contribution in [3.8, 4) is 0 Å². The number of hydrogen-bond donors (Lipinski definition) is 2. The van der Waals surface area contributed by atoms with Crippen LogP contribution in [-0.4, -0.2) is 21.8 Å². The van der Waals surface area contributed by atoms with E-state index in [2.05, 4.69) is 6.92 Å². The number of rotatable bonds is 10. The van der Waals surface area contributed by atoms with Crippen molar-refractivity contribution in [1.82, 2.24) is 0 Å². The molecule has 4 nitrogen and oxygen atoms in total. The SMILES string of the molecule is CCCCCCCCCCCC1=C(O)C(=O)C(Cl)=C(O)C1=O. The molecule has 0 fully saturated rings. The molecule has 2 N–H and O–H groups in total. The molecule has 1 aliphatic rings. The summed E-state index contributed by atoms with van der Waals surface area (Å²) in [5.74, 6) is -2.98. The molecule has 0 aromatic rings. The summed E-state index contributed by atoms with van der Waals surface area (Å²) in [6.45, 7) is 2.20. The molecule has 0 atom stereocenters. The van der Waals surface area contributed by atoms with Crippen molar-refractivity contribution in [3.05, 3.63) is 22.1 Å². The van der Waals surface area contributed by atoms with Crippen molar-refractivity contribution >= 4 is 23.2 Å². The Morgan fingerprint density at radius 2 is 1.27 bits per heavy atom. The van der Waals surface area contributed by atoms with Gasteiger partial charge in [0.05, 0.1) is 0 Å². The van der Waals surface area contributed by atoms with Crippen LogP contribution >= 0.6 is 11.6 Å². The average Bonchev–Trinajstić information content (AvgIpc) is 2.52. The third kappa shape index (κ3) is 5.16. The normalized spacial score (nSPS) is 15.9. The fourth-order valence-electron chi connectivity index (χ4n) is 2.54. The Labute approximate surface area is 136 Å². The standard InChI is InChI=1S/C17H25ClO4/c1-2-3-4-5-6-7-8-9-10-11-12-14(19)16(21)13(18)17(22)15(12)20/h19,22H,2-11H2,1H3. The highest BCUT2D eigenvalue weighted by Crippen LogP contribution is 2.27. The number of carbonyl (C=O) groups is 2. The number of aliphatic hydroxyl groups is 2. The first-order valence-corrected chi connectivity index (χ1v) is 8.48. The summed E-state index contributed by atoms with van der Waals surface area (Å²) in [6, 6.07) is 0. The van der Waals surface area contributed by atoms with E-state index in [1.54, 1.807) is 0 Å². The van der Waals surface area contributed by atoms with Gasteiger partial charge in [-0.1, -0.05) is 69.9 Å². The van der Waals surface area contributed by atoms with Crippen molar-refractivity contribution in [2.75, 3.05) is 0 Å². The lowest BCUT2D eigenvalue weighted by Crippen LogP contribution is -2.22. The smallest absolute Gasteiger partial charge is 0.242 e. The summed E-state index contributed by atoms with van der Waals surface area (Å²) in [5, 5.41) is 18.6. The first kappa shape index (κ1) is 18.8. The third-order valence-corrected chi connectivity index (χ3v) is 4.28. The number of aliphatic hydroxyl groups excluding tert-OH is 2. The summed E-state index contributed by atoms with van der Waals surface area (Å²) < 4.78 is 0. The first-order valence-electron chi connectivity index (χ1n) is 8.11. The Morgan fingerprint density at radius 3 is 1.82 bits per heavy atom. The van der Waals surface area contributed by atoms with Crippen molar-refractivity contribution in [2.45, 2.75) is 71.1 Å². The molecule has 1 aliphatic carbocycles. The highest BCUT2D eigenvalue weighted by atomic mass is 35.5. The molecule has 1 rings (SSSR count). The molecule has 0 saturated carbocycles. The third-order valence-electron chi connectivity index (χ3n) is 3.93. The number of allylic oxidation sites excluding steroid dienone is 2. The van der Waals surface area contributed by atoms with Crippen molar-refractivity contribution in [1.29, 1.82) is 0 Å². The van der Waals surface area contributed by atoms with E-state index in [1.165, 1.54) is 38.5 Å². The van der Waals surface area contributed by atoms with Gasteiger partial charge in [-0.3, -0.25) is 9.59 Å². The van der Waals surface area contributed by atoms with Gasteiger partial charge in [0.15, 0.2) is 11.5 Å². The van der Waals surface area contributed by atoms with Gasteiger partial charge in [-0.2, -0.15) is 0 Å². The molecule has 0 radical (unpaired) electrons. The molecule has 0 aromatic carbocycles. The molecule has 22 heavy (non-hydrogen) atoms. The van der Waals surface area contributed by atoms with Gasteiger partial charge in [0, 0.05) is 5.57 Å². The van der Waals surface area contributed by atoms with Gasteiger partial charge < -0.3 is 10.2 Å². The predicted octanol–water partition coefficient (Wildman–Crippen LogP) is 4.88. The maximum Gasteiger partial charge on any atom is 0.242 e. The Bertz CT molecular complexity index is 477. The van der Waals surface area contributed by atoms with E-state index in [4.69, 9.17) is 11.6 Å². The monoisotopic (exact) mass is 328 g/mol. The zero-order chi connectivity index (χ0) is 16.5. The van der Waals surface area contributed by atoms with Gasteiger partial charge in [0.1, 0.15) is 5.03 Å². The quantitative estimate of drug-likeness (QED) is 0.442. The second kappa shape index (κ2) is 9.67. The van der Waals surface area contributed by atoms with Crippen LogP contribution in [0.2, 0.25) is 0 Å². The molecule has 0 unspecified atom stereocenters. The number of Topliss-reactive ketones (excluding diaryl/α,β-unsaturated/α-hetero) is 2. The van der Waals surface area contributed by atoms with Gasteiger partial charge in [-0.05, 0) is 12.8 Å². The number of unbranched alkanes of at least 4 members (excludes halogenated alkanes) is 8. The summed E-state index contributed by atoms with van der Waals surface area (Å²) in [7, 11) is 0. The van der Waals surface area contributed by atoms with E-state index < -0.39 is 28.1 Å². The van der Waals surface area contributed by atoms with Gasteiger partial charge >= 0.3 is 0 Å². The fourth-order valence-corrected chi connectivity index (χ4v) is 2.72. The second-order valence-electron chi connectivity index (χ2n) is 5.73. The van der Waals surface area contributed by atoms with Crippen LogP contribution in [0.1, 0.15) is 71.1 Å². The van der Waals surface area contributed by atoms with Crippen LogP contribution in [0.3, 0.4) is 0 Å². The van der Waals surface area contributed by atoms with E-state index >= 15 is 0 Å². The highest BCUT2D eigenvalue weighted by molar-refractivity contribution is 6.48. The van der Waals surface area contributed by atoms with Crippen LogP contribution in [0.4, 0.5) is 0 Å². The van der Waals surface area contributed by atoms with Crippen LogP contribution in [0.25, 0.3) is 0 Å². The van der Waals surface area contributed by atoms with E-state index in [1.807, 2.05) is 0 Å². The molecule has 0 amide bonds. The fraction of sp³-hybridized carbons (Fsp3) is 0.647. The molecule has 0 spiro atoms. The molecule has 0 aromatic heterocycles. The molecule has 124 valence electrons. The van der Waals surface area contributed by atoms with E-state index in [-0.39, 0.29) is 5.57 Å². The summed E-state index contributed by atoms with van der Waals surface area (Å²) in [6.07, 6.45) is 10.5. The minimum absolute atomic E-state index is 0.0187. The number of carbonyl (C=O) groups excluding carboxylic acids is 2. The van der Waals surface area contributed by atoms with Gasteiger partial charge in [-0.15, -0.1) is 0 Å². The zero-order valence-corrected chi connectivity index (χ0v) is 13.9.